The number of nitrogens with one attached hydrogen (secondary N) is 1. The van der Waals surface area contributed by atoms with E-state index in [2.05, 4.69) is 26.5 Å². The van der Waals surface area contributed by atoms with Crippen LogP contribution in [-0.4, -0.2) is 18.1 Å². The van der Waals surface area contributed by atoms with Gasteiger partial charge in [0.1, 0.15) is 5.75 Å². The molecule has 6 heteroatoms. The second-order valence-electron chi connectivity index (χ2n) is 6.42. The maximum atomic E-state index is 12.1. The molecule has 1 amide bonds. The third kappa shape index (κ3) is 6.40. The summed E-state index contributed by atoms with van der Waals surface area (Å²) in [7, 11) is 0. The average molecular weight is 451 g/mol. The minimum absolute atomic E-state index is 0.190. The van der Waals surface area contributed by atoms with Crippen molar-refractivity contribution in [3.63, 3.8) is 0 Å². The highest BCUT2D eigenvalue weighted by Crippen LogP contribution is 2.15. The van der Waals surface area contributed by atoms with Gasteiger partial charge in [-0.25, -0.2) is 10.2 Å². The second kappa shape index (κ2) is 9.80. The zero-order valence-corrected chi connectivity index (χ0v) is 17.3. The predicted molar refractivity (Wildman–Crippen MR) is 116 cm³/mol. The van der Waals surface area contributed by atoms with Crippen LogP contribution in [-0.2, 0) is 11.2 Å². The number of halogens is 1. The van der Waals surface area contributed by atoms with Gasteiger partial charge in [0.2, 0.25) is 5.91 Å². The Kier molecular flexibility index (Phi) is 6.92. The first-order valence-corrected chi connectivity index (χ1v) is 9.74. The molecule has 1 N–H and O–H groups in total. The van der Waals surface area contributed by atoms with Gasteiger partial charge in [-0.1, -0.05) is 45.8 Å². The van der Waals surface area contributed by atoms with Gasteiger partial charge in [-0.15, -0.1) is 0 Å². The molecule has 0 saturated carbocycles. The Bertz CT molecular complexity index is 1010. The Hall–Kier alpha value is -3.25. The Morgan fingerprint density at radius 3 is 2.28 bits per heavy atom. The number of rotatable bonds is 6. The summed E-state index contributed by atoms with van der Waals surface area (Å²) >= 11 is 3.33. The molecule has 0 aliphatic rings. The lowest BCUT2D eigenvalue weighted by atomic mass is 10.1. The Balaban J connectivity index is 1.50. The number of benzene rings is 3. The van der Waals surface area contributed by atoms with Crippen molar-refractivity contribution >= 4 is 34.0 Å². The van der Waals surface area contributed by atoms with Gasteiger partial charge in [0.15, 0.2) is 0 Å². The molecule has 146 valence electrons. The molecule has 0 fully saturated rings. The van der Waals surface area contributed by atoms with Crippen molar-refractivity contribution in [2.24, 2.45) is 5.10 Å². The lowest BCUT2D eigenvalue weighted by molar-refractivity contribution is -0.120. The molecule has 0 atom stereocenters. The summed E-state index contributed by atoms with van der Waals surface area (Å²) in [4.78, 5) is 24.0. The topological polar surface area (TPSA) is 67.8 Å². The van der Waals surface area contributed by atoms with Gasteiger partial charge in [0, 0.05) is 4.47 Å². The van der Waals surface area contributed by atoms with Crippen molar-refractivity contribution in [1.82, 2.24) is 5.43 Å². The van der Waals surface area contributed by atoms with Crippen molar-refractivity contribution in [3.05, 3.63) is 99.5 Å². The van der Waals surface area contributed by atoms with Gasteiger partial charge in [0.25, 0.3) is 0 Å². The van der Waals surface area contributed by atoms with E-state index in [4.69, 9.17) is 4.74 Å². The summed E-state index contributed by atoms with van der Waals surface area (Å²) in [6, 6.07) is 21.6. The molecule has 0 bridgehead atoms. The fraction of sp³-hybridized carbons (Fsp3) is 0.0870. The molecule has 0 aliphatic carbocycles. The van der Waals surface area contributed by atoms with Gasteiger partial charge in [-0.05, 0) is 66.6 Å². The van der Waals surface area contributed by atoms with Crippen LogP contribution in [0.3, 0.4) is 0 Å². The highest BCUT2D eigenvalue weighted by atomic mass is 79.9. The number of amides is 1. The average Bonchev–Trinajstić information content (AvgIpc) is 2.71. The molecule has 0 heterocycles. The van der Waals surface area contributed by atoms with Crippen LogP contribution in [0.1, 0.15) is 27.0 Å². The van der Waals surface area contributed by atoms with Crippen molar-refractivity contribution in [2.45, 2.75) is 13.3 Å². The SMILES string of the molecule is Cc1ccc(CC(=O)N/N=C\c2ccc(OC(=O)c3ccc(Br)cc3)cc2)cc1. The molecule has 0 saturated heterocycles. The van der Waals surface area contributed by atoms with Crippen molar-refractivity contribution < 1.29 is 14.3 Å². The van der Waals surface area contributed by atoms with Gasteiger partial charge in [0.05, 0.1) is 18.2 Å². The highest BCUT2D eigenvalue weighted by Gasteiger charge is 2.08. The lowest BCUT2D eigenvalue weighted by Gasteiger charge is -2.05. The molecule has 0 radical (unpaired) electrons. The molecule has 3 rings (SSSR count). The van der Waals surface area contributed by atoms with E-state index < -0.39 is 5.97 Å². The van der Waals surface area contributed by atoms with Gasteiger partial charge in [-0.3, -0.25) is 4.79 Å². The van der Waals surface area contributed by atoms with E-state index in [1.54, 1.807) is 48.5 Å². The molecular weight excluding hydrogens is 432 g/mol. The first kappa shape index (κ1) is 20.5. The first-order chi connectivity index (χ1) is 14.0. The second-order valence-corrected chi connectivity index (χ2v) is 7.34. The molecule has 3 aromatic rings. The van der Waals surface area contributed by atoms with Crippen molar-refractivity contribution in [2.75, 3.05) is 0 Å². The summed E-state index contributed by atoms with van der Waals surface area (Å²) in [6.45, 7) is 2.00. The van der Waals surface area contributed by atoms with Crippen LogP contribution < -0.4 is 10.2 Å². The van der Waals surface area contributed by atoms with Crippen LogP contribution in [0.5, 0.6) is 5.75 Å². The van der Waals surface area contributed by atoms with Crippen LogP contribution in [0, 0.1) is 6.92 Å². The van der Waals surface area contributed by atoms with E-state index in [-0.39, 0.29) is 12.3 Å². The molecule has 0 spiro atoms. The van der Waals surface area contributed by atoms with Crippen LogP contribution in [0.2, 0.25) is 0 Å². The monoisotopic (exact) mass is 450 g/mol. The molecule has 5 nitrogen and oxygen atoms in total. The van der Waals surface area contributed by atoms with E-state index in [1.165, 1.54) is 6.21 Å². The summed E-state index contributed by atoms with van der Waals surface area (Å²) in [6.07, 6.45) is 1.80. The number of hydrogen-bond donors (Lipinski definition) is 1. The third-order valence-corrected chi connectivity index (χ3v) is 4.59. The fourth-order valence-corrected chi connectivity index (χ4v) is 2.75. The number of hydrazone groups is 1. The van der Waals surface area contributed by atoms with Crippen molar-refractivity contribution in [1.29, 1.82) is 0 Å². The van der Waals surface area contributed by atoms with Crippen LogP contribution >= 0.6 is 15.9 Å². The van der Waals surface area contributed by atoms with Gasteiger partial charge in [-0.2, -0.15) is 5.10 Å². The van der Waals surface area contributed by atoms with Crippen LogP contribution in [0.15, 0.2) is 82.4 Å². The lowest BCUT2D eigenvalue weighted by Crippen LogP contribution is -2.19. The number of nitrogens with zero attached hydrogens (tertiary/aromatic N) is 1. The summed E-state index contributed by atoms with van der Waals surface area (Å²) in [5, 5.41) is 3.96. The van der Waals surface area contributed by atoms with Gasteiger partial charge < -0.3 is 4.74 Å². The molecular formula is C23H19BrN2O3. The number of esters is 1. The normalized spacial score (nSPS) is 10.7. The quantitative estimate of drug-likeness (QED) is 0.256. The van der Waals surface area contributed by atoms with E-state index in [0.29, 0.717) is 11.3 Å². The van der Waals surface area contributed by atoms with Gasteiger partial charge >= 0.3 is 5.97 Å². The van der Waals surface area contributed by atoms with Crippen LogP contribution in [0.25, 0.3) is 0 Å². The molecule has 0 aliphatic heterocycles. The highest BCUT2D eigenvalue weighted by molar-refractivity contribution is 9.10. The maximum Gasteiger partial charge on any atom is 0.343 e. The minimum atomic E-state index is -0.428. The van der Waals surface area contributed by atoms with E-state index in [1.807, 2.05) is 31.2 Å². The Morgan fingerprint density at radius 2 is 1.62 bits per heavy atom. The Morgan fingerprint density at radius 1 is 0.966 bits per heavy atom. The standard InChI is InChI=1S/C23H19BrN2O3/c1-16-2-4-17(5-3-16)14-22(27)26-25-15-18-6-12-21(13-7-18)29-23(28)19-8-10-20(24)11-9-19/h2-13,15H,14H2,1H3,(H,26,27)/b25-15-. The zero-order valence-electron chi connectivity index (χ0n) is 15.8. The maximum absolute atomic E-state index is 12.1. The molecule has 0 unspecified atom stereocenters. The fourth-order valence-electron chi connectivity index (χ4n) is 2.48. The largest absolute Gasteiger partial charge is 0.423 e. The summed E-state index contributed by atoms with van der Waals surface area (Å²) < 4.78 is 6.24. The molecule has 29 heavy (non-hydrogen) atoms. The van der Waals surface area contributed by atoms with E-state index in [0.717, 1.165) is 21.2 Å². The minimum Gasteiger partial charge on any atom is -0.423 e. The van der Waals surface area contributed by atoms with Crippen molar-refractivity contribution in [3.8, 4) is 5.75 Å². The molecule has 0 aromatic heterocycles. The number of hydrogen-bond acceptors (Lipinski definition) is 4. The summed E-state index contributed by atoms with van der Waals surface area (Å²) in [5.41, 5.74) is 5.83. The first-order valence-electron chi connectivity index (χ1n) is 8.95. The number of aryl methyl sites for hydroxylation is 1. The number of ether oxygens (including phenoxy) is 1. The smallest absolute Gasteiger partial charge is 0.343 e. The Labute approximate surface area is 177 Å². The predicted octanol–water partition coefficient (Wildman–Crippen LogP) is 4.67. The molecule has 3 aromatic carbocycles. The number of carbonyl (C=O) groups excluding carboxylic acids is 2. The van der Waals surface area contributed by atoms with E-state index >= 15 is 0 Å². The zero-order chi connectivity index (χ0) is 20.6. The summed E-state index contributed by atoms with van der Waals surface area (Å²) in [5.74, 6) is -0.189. The van der Waals surface area contributed by atoms with Crippen LogP contribution in [0.4, 0.5) is 0 Å². The third-order valence-electron chi connectivity index (χ3n) is 4.06. The van der Waals surface area contributed by atoms with E-state index in [9.17, 15) is 9.59 Å². The number of carbonyl (C=O) groups is 2.